The van der Waals surface area contributed by atoms with E-state index in [1.54, 1.807) is 0 Å². The van der Waals surface area contributed by atoms with E-state index in [0.29, 0.717) is 0 Å². The number of aliphatic hydroxyl groups excluding tert-OH is 1. The van der Waals surface area contributed by atoms with Crippen molar-refractivity contribution < 1.29 is 46.5 Å². The van der Waals surface area contributed by atoms with Gasteiger partial charge in [0.25, 0.3) is 0 Å². The second-order valence-electron chi connectivity index (χ2n) is 9.90. The maximum atomic E-state index is 16.0. The predicted octanol–water partition coefficient (Wildman–Crippen LogP) is 0.396. The highest BCUT2D eigenvalue weighted by Crippen LogP contribution is 2.58. The van der Waals surface area contributed by atoms with E-state index in [-0.39, 0.29) is 34.0 Å². The Hall–Kier alpha value is -2.46. The van der Waals surface area contributed by atoms with E-state index in [1.165, 1.54) is 34.4 Å². The van der Waals surface area contributed by atoms with Crippen LogP contribution in [0.25, 0.3) is 22.3 Å². The van der Waals surface area contributed by atoms with Crippen LogP contribution in [0.3, 0.4) is 0 Å². The molecule has 0 saturated carbocycles. The van der Waals surface area contributed by atoms with Crippen molar-refractivity contribution in [1.29, 1.82) is 0 Å². The Morgan fingerprint density at radius 3 is 2.07 bits per heavy atom. The average molecular weight is 693 g/mol. The molecular weight excluding hydrogens is 669 g/mol. The van der Waals surface area contributed by atoms with Gasteiger partial charge in [-0.1, -0.05) is 12.2 Å². The summed E-state index contributed by atoms with van der Waals surface area (Å²) in [6.07, 6.45) is -6.63. The molecule has 0 aromatic carbocycles. The van der Waals surface area contributed by atoms with Gasteiger partial charge in [-0.25, -0.2) is 38.9 Å². The third kappa shape index (κ3) is 5.27. The standard InChI is InChI=1S/C20H23FN10O9P2S2/c21-9-13-7(37-19(9)30-5-28-10-15(22)24-3-26-17(10)30)1-35-42(34,44)40-14-8(2-36-41(33,43)39-13)38-20(12(14)32)31-6-29-11-16(23)25-4-27-18(11)31/h3-9,12-14,19-20,32H,1-2H2,(H,33,43)(H,34,44)(H2,22,24,26)(H2,23,25,27)/t7?,8?,9-,12-,13-,14-,19-,20-,41?,42?/m1/s1. The second kappa shape index (κ2) is 11.1. The molecule has 44 heavy (non-hydrogen) atoms. The molecule has 0 radical (unpaired) electrons. The Morgan fingerprint density at radius 2 is 1.43 bits per heavy atom. The van der Waals surface area contributed by atoms with Crippen molar-refractivity contribution in [3.8, 4) is 0 Å². The number of nitrogen functional groups attached to an aromatic ring is 2. The maximum absolute atomic E-state index is 16.0. The molecule has 24 heteroatoms. The van der Waals surface area contributed by atoms with Crippen LogP contribution in [0.15, 0.2) is 25.3 Å². The minimum Gasteiger partial charge on any atom is -0.386 e. The van der Waals surface area contributed by atoms with E-state index < -0.39 is 75.9 Å². The number of fused-ring (bicyclic) bond motifs is 4. The first kappa shape index (κ1) is 30.2. The van der Waals surface area contributed by atoms with Crippen molar-refractivity contribution in [1.82, 2.24) is 39.0 Å². The van der Waals surface area contributed by atoms with Crippen LogP contribution in [0, 0.1) is 0 Å². The lowest BCUT2D eigenvalue weighted by molar-refractivity contribution is -0.0574. The monoisotopic (exact) mass is 692 g/mol. The highest BCUT2D eigenvalue weighted by molar-refractivity contribution is 8.44. The number of ether oxygens (including phenoxy) is 2. The van der Waals surface area contributed by atoms with E-state index in [0.717, 1.165) is 0 Å². The number of hydrogen-bond donors (Lipinski definition) is 5. The molecule has 7 heterocycles. The van der Waals surface area contributed by atoms with Gasteiger partial charge in [-0.15, -0.1) is 0 Å². The van der Waals surface area contributed by atoms with Crippen LogP contribution in [-0.2, 0) is 43.9 Å². The molecule has 0 aliphatic carbocycles. The number of hydrogen-bond acceptors (Lipinski definition) is 17. The van der Waals surface area contributed by atoms with Crippen molar-refractivity contribution in [3.63, 3.8) is 0 Å². The van der Waals surface area contributed by atoms with Crippen molar-refractivity contribution in [2.24, 2.45) is 0 Å². The van der Waals surface area contributed by atoms with Crippen LogP contribution in [0.5, 0.6) is 0 Å². The molecule has 0 amide bonds. The zero-order chi connectivity index (χ0) is 31.0. The normalized spacial score (nSPS) is 38.3. The van der Waals surface area contributed by atoms with Crippen LogP contribution in [0.4, 0.5) is 16.0 Å². The van der Waals surface area contributed by atoms with Gasteiger partial charge in [0.1, 0.15) is 54.2 Å². The lowest BCUT2D eigenvalue weighted by atomic mass is 10.1. The summed E-state index contributed by atoms with van der Waals surface area (Å²) in [7, 11) is 0. The molecule has 3 fully saturated rings. The number of nitrogens with zero attached hydrogens (tertiary/aromatic N) is 8. The number of anilines is 2. The fourth-order valence-corrected chi connectivity index (χ4v) is 8.14. The van der Waals surface area contributed by atoms with Crippen molar-refractivity contribution in [2.75, 3.05) is 24.7 Å². The first-order chi connectivity index (χ1) is 20.9. The number of halogens is 1. The summed E-state index contributed by atoms with van der Waals surface area (Å²) in [5, 5.41) is 11.2. The minimum atomic E-state index is -4.30. The highest BCUT2D eigenvalue weighted by Gasteiger charge is 2.53. The van der Waals surface area contributed by atoms with Crippen molar-refractivity contribution in [2.45, 2.75) is 49.1 Å². The summed E-state index contributed by atoms with van der Waals surface area (Å²) in [6.45, 7) is -9.64. The van der Waals surface area contributed by atoms with Crippen LogP contribution in [0.2, 0.25) is 0 Å². The number of aliphatic hydroxyl groups is 1. The van der Waals surface area contributed by atoms with Gasteiger partial charge in [0, 0.05) is 0 Å². The summed E-state index contributed by atoms with van der Waals surface area (Å²) in [5.41, 5.74) is 12.6. The minimum absolute atomic E-state index is 0.0662. The molecule has 6 N–H and O–H groups in total. The largest absolute Gasteiger partial charge is 0.386 e. The Bertz CT molecular complexity index is 1710. The molecule has 4 aromatic rings. The number of alkyl halides is 1. The first-order valence-corrected chi connectivity index (χ1v) is 18.0. The Kier molecular flexibility index (Phi) is 7.63. The summed E-state index contributed by atoms with van der Waals surface area (Å²) in [4.78, 5) is 35.2. The van der Waals surface area contributed by atoms with Gasteiger partial charge in [-0.2, -0.15) is 0 Å². The van der Waals surface area contributed by atoms with E-state index in [1.807, 2.05) is 0 Å². The van der Waals surface area contributed by atoms with Crippen molar-refractivity contribution >= 4 is 71.5 Å². The molecule has 3 aliphatic heterocycles. The van der Waals surface area contributed by atoms with Gasteiger partial charge in [0.05, 0.1) is 25.9 Å². The van der Waals surface area contributed by atoms with Gasteiger partial charge < -0.3 is 35.5 Å². The van der Waals surface area contributed by atoms with E-state index in [4.69, 9.17) is 50.8 Å². The summed E-state index contributed by atoms with van der Waals surface area (Å²) in [5.74, 6) is 0.162. The van der Waals surface area contributed by atoms with Gasteiger partial charge in [0.2, 0.25) is 0 Å². The lowest BCUT2D eigenvalue weighted by Gasteiger charge is -2.29. The van der Waals surface area contributed by atoms with E-state index in [2.05, 4.69) is 42.2 Å². The lowest BCUT2D eigenvalue weighted by Crippen LogP contribution is -2.38. The number of aromatic nitrogens is 8. The fraction of sp³-hybridized carbons (Fsp3) is 0.500. The van der Waals surface area contributed by atoms with Crippen LogP contribution >= 0.6 is 25.8 Å². The molecule has 10 atom stereocenters. The SMILES string of the molecule is Nc1ncnc2c1ncn2[C@@H]1OC2COP(O)(=S)O[C@@H]3C(COP(=O)(S)O[C@H]2[C@H]1O)O[C@@H](n1cnc2c(N)ncnc21)[C@@H]3F. The van der Waals surface area contributed by atoms with Crippen molar-refractivity contribution in [3.05, 3.63) is 25.3 Å². The molecule has 0 spiro atoms. The highest BCUT2D eigenvalue weighted by atomic mass is 32.7. The topological polar surface area (TPSA) is 252 Å². The Labute approximate surface area is 256 Å². The molecular formula is C20H23FN10O9P2S2. The Balaban J connectivity index is 1.17. The fourth-order valence-electron chi connectivity index (χ4n) is 5.21. The zero-order valence-electron chi connectivity index (χ0n) is 22.0. The van der Waals surface area contributed by atoms with Gasteiger partial charge in [-0.3, -0.25) is 22.7 Å². The summed E-state index contributed by atoms with van der Waals surface area (Å²) < 4.78 is 66.0. The summed E-state index contributed by atoms with van der Waals surface area (Å²) in [6, 6.07) is 0. The number of thiol groups is 1. The number of rotatable bonds is 2. The summed E-state index contributed by atoms with van der Waals surface area (Å²) >= 11 is 9.24. The quantitative estimate of drug-likeness (QED) is 0.141. The van der Waals surface area contributed by atoms with Crippen LogP contribution < -0.4 is 11.5 Å². The number of imidazole rings is 2. The molecule has 4 aromatic heterocycles. The molecule has 7 rings (SSSR count). The third-order valence-corrected chi connectivity index (χ3v) is 10.4. The van der Waals surface area contributed by atoms with Gasteiger partial charge >= 0.3 is 13.5 Å². The molecule has 19 nitrogen and oxygen atoms in total. The van der Waals surface area contributed by atoms with E-state index >= 15 is 4.39 Å². The molecule has 236 valence electrons. The smallest absolute Gasteiger partial charge is 0.386 e. The van der Waals surface area contributed by atoms with Crippen LogP contribution in [-0.4, -0.2) is 98.9 Å². The van der Waals surface area contributed by atoms with Crippen LogP contribution in [0.1, 0.15) is 12.5 Å². The molecule has 3 saturated heterocycles. The molecule has 4 unspecified atom stereocenters. The molecule has 3 aliphatic rings. The first-order valence-electron chi connectivity index (χ1n) is 12.7. The predicted molar refractivity (Wildman–Crippen MR) is 153 cm³/mol. The average Bonchev–Trinajstić information content (AvgIpc) is 3.73. The van der Waals surface area contributed by atoms with Gasteiger partial charge in [0.15, 0.2) is 41.6 Å². The second-order valence-corrected chi connectivity index (χ2v) is 15.6. The maximum Gasteiger partial charge on any atom is 0.386 e. The Morgan fingerprint density at radius 1 is 0.886 bits per heavy atom. The van der Waals surface area contributed by atoms with E-state index in [9.17, 15) is 14.6 Å². The zero-order valence-corrected chi connectivity index (χ0v) is 25.5. The van der Waals surface area contributed by atoms with Gasteiger partial charge in [-0.05, 0) is 11.8 Å². The molecule has 0 bridgehead atoms. The third-order valence-electron chi connectivity index (χ3n) is 7.21. The number of nitrogens with two attached hydrogens (primary N) is 2.